The molecule has 2 aromatic rings. The van der Waals surface area contributed by atoms with Gasteiger partial charge in [-0.15, -0.1) is 0 Å². The van der Waals surface area contributed by atoms with Crippen LogP contribution in [0.5, 0.6) is 0 Å². The summed E-state index contributed by atoms with van der Waals surface area (Å²) in [5, 5.41) is 0. The van der Waals surface area contributed by atoms with Crippen molar-refractivity contribution in [3.8, 4) is 0 Å². The summed E-state index contributed by atoms with van der Waals surface area (Å²) in [4.78, 5) is 12.2. The van der Waals surface area contributed by atoms with Crippen LogP contribution in [0.25, 0.3) is 6.08 Å². The number of halogens is 3. The normalized spacial score (nSPS) is 12.7. The number of carbonyl (C=O) groups excluding carboxylic acids is 1. The summed E-state index contributed by atoms with van der Waals surface area (Å²) in [6.45, 7) is 0. The average molecular weight is 383 g/mol. The Kier molecular flexibility index (Phi) is 5.68. The van der Waals surface area contributed by atoms with Crippen LogP contribution in [0, 0.1) is 0 Å². The molecule has 8 heteroatoms. The first-order valence-electron chi connectivity index (χ1n) is 7.44. The predicted octanol–water partition coefficient (Wildman–Crippen LogP) is 3.85. The Morgan fingerprint density at radius 2 is 1.58 bits per heavy atom. The molecule has 0 aliphatic rings. The number of hydrogen-bond donors (Lipinski definition) is 0. The SMILES string of the molecule is CN(C)S(=O)(=O)c1ccc(C(=O)/C=C/c2ccccc2C(F)(F)F)cc1. The van der Waals surface area contributed by atoms with Crippen molar-refractivity contribution in [2.45, 2.75) is 11.1 Å². The minimum Gasteiger partial charge on any atom is -0.289 e. The van der Waals surface area contributed by atoms with Gasteiger partial charge >= 0.3 is 6.18 Å². The van der Waals surface area contributed by atoms with Gasteiger partial charge in [0.1, 0.15) is 0 Å². The van der Waals surface area contributed by atoms with Gasteiger partial charge in [0.2, 0.25) is 10.0 Å². The smallest absolute Gasteiger partial charge is 0.289 e. The van der Waals surface area contributed by atoms with Crippen molar-refractivity contribution in [3.63, 3.8) is 0 Å². The average Bonchev–Trinajstić information content (AvgIpc) is 2.59. The predicted molar refractivity (Wildman–Crippen MR) is 92.1 cm³/mol. The summed E-state index contributed by atoms with van der Waals surface area (Å²) in [6, 6.07) is 10.1. The second-order valence-corrected chi connectivity index (χ2v) is 7.75. The lowest BCUT2D eigenvalue weighted by Gasteiger charge is -2.11. The van der Waals surface area contributed by atoms with Crippen molar-refractivity contribution in [2.24, 2.45) is 0 Å². The molecule has 0 amide bonds. The maximum atomic E-state index is 12.9. The summed E-state index contributed by atoms with van der Waals surface area (Å²) < 4.78 is 63.8. The lowest BCUT2D eigenvalue weighted by atomic mass is 10.0. The summed E-state index contributed by atoms with van der Waals surface area (Å²) in [6.07, 6.45) is -2.40. The van der Waals surface area contributed by atoms with Gasteiger partial charge in [0.05, 0.1) is 10.5 Å². The van der Waals surface area contributed by atoms with Crippen LogP contribution in [0.2, 0.25) is 0 Å². The van der Waals surface area contributed by atoms with Gasteiger partial charge in [-0.05, 0) is 42.0 Å². The Hall–Kier alpha value is -2.45. The Balaban J connectivity index is 2.25. The van der Waals surface area contributed by atoms with Gasteiger partial charge in [0.25, 0.3) is 0 Å². The number of sulfonamides is 1. The van der Waals surface area contributed by atoms with Crippen molar-refractivity contribution < 1.29 is 26.4 Å². The van der Waals surface area contributed by atoms with E-state index in [0.29, 0.717) is 0 Å². The fraction of sp³-hybridized carbons (Fsp3) is 0.167. The first kappa shape index (κ1) is 19.9. The molecular weight excluding hydrogens is 367 g/mol. The number of nitrogens with zero attached hydrogens (tertiary/aromatic N) is 1. The van der Waals surface area contributed by atoms with E-state index in [1.807, 2.05) is 0 Å². The number of rotatable bonds is 5. The summed E-state index contributed by atoms with van der Waals surface area (Å²) >= 11 is 0. The zero-order valence-electron chi connectivity index (χ0n) is 14.0. The minimum absolute atomic E-state index is 0.0189. The van der Waals surface area contributed by atoms with E-state index in [9.17, 15) is 26.4 Å². The molecule has 2 aromatic carbocycles. The zero-order chi connectivity index (χ0) is 19.5. The van der Waals surface area contributed by atoms with E-state index >= 15 is 0 Å². The number of ketones is 1. The third-order valence-corrected chi connectivity index (χ3v) is 5.43. The molecule has 26 heavy (non-hydrogen) atoms. The van der Waals surface area contributed by atoms with Crippen LogP contribution in [0.15, 0.2) is 59.5 Å². The van der Waals surface area contributed by atoms with Crippen molar-refractivity contribution in [2.75, 3.05) is 14.1 Å². The highest BCUT2D eigenvalue weighted by atomic mass is 32.2. The molecule has 0 radical (unpaired) electrons. The minimum atomic E-state index is -4.52. The number of hydrogen-bond acceptors (Lipinski definition) is 3. The molecule has 0 aliphatic carbocycles. The topological polar surface area (TPSA) is 54.5 Å². The first-order valence-corrected chi connectivity index (χ1v) is 8.88. The van der Waals surface area contributed by atoms with Crippen LogP contribution >= 0.6 is 0 Å². The van der Waals surface area contributed by atoms with Crippen LogP contribution in [0.3, 0.4) is 0 Å². The van der Waals surface area contributed by atoms with Crippen LogP contribution in [-0.4, -0.2) is 32.6 Å². The van der Waals surface area contributed by atoms with Gasteiger partial charge in [0, 0.05) is 19.7 Å². The molecule has 0 aromatic heterocycles. The van der Waals surface area contributed by atoms with E-state index in [-0.39, 0.29) is 16.0 Å². The summed E-state index contributed by atoms with van der Waals surface area (Å²) in [5.74, 6) is -0.532. The number of allylic oxidation sites excluding steroid dienone is 1. The standard InChI is InChI=1S/C18H16F3NO3S/c1-22(2)26(24,25)15-10-7-14(8-11-15)17(23)12-9-13-5-3-4-6-16(13)18(19,20)21/h3-12H,1-2H3/b12-9+. The number of carbonyl (C=O) groups is 1. The fourth-order valence-corrected chi connectivity index (χ4v) is 3.07. The molecular formula is C18H16F3NO3S. The van der Waals surface area contributed by atoms with E-state index in [4.69, 9.17) is 0 Å². The van der Waals surface area contributed by atoms with E-state index in [2.05, 4.69) is 0 Å². The highest BCUT2D eigenvalue weighted by Crippen LogP contribution is 2.32. The van der Waals surface area contributed by atoms with Crippen LogP contribution < -0.4 is 0 Å². The molecule has 0 saturated carbocycles. The maximum absolute atomic E-state index is 12.9. The molecule has 0 saturated heterocycles. The molecule has 0 spiro atoms. The van der Waals surface area contributed by atoms with Crippen LogP contribution in [0.4, 0.5) is 13.2 Å². The van der Waals surface area contributed by atoms with Crippen molar-refractivity contribution in [1.29, 1.82) is 0 Å². The van der Waals surface area contributed by atoms with Crippen LogP contribution in [0.1, 0.15) is 21.5 Å². The Bertz CT molecular complexity index is 931. The van der Waals surface area contributed by atoms with Gasteiger partial charge in [-0.2, -0.15) is 13.2 Å². The highest BCUT2D eigenvalue weighted by molar-refractivity contribution is 7.89. The van der Waals surface area contributed by atoms with E-state index in [1.54, 1.807) is 0 Å². The molecule has 0 aliphatic heterocycles. The monoisotopic (exact) mass is 383 g/mol. The van der Waals surface area contributed by atoms with E-state index in [0.717, 1.165) is 22.5 Å². The van der Waals surface area contributed by atoms with Crippen molar-refractivity contribution in [3.05, 3.63) is 71.3 Å². The number of benzene rings is 2. The second kappa shape index (κ2) is 7.43. The van der Waals surface area contributed by atoms with Crippen LogP contribution in [-0.2, 0) is 16.2 Å². The first-order chi connectivity index (χ1) is 12.0. The van der Waals surface area contributed by atoms with Gasteiger partial charge < -0.3 is 0 Å². The van der Waals surface area contributed by atoms with Gasteiger partial charge in [-0.25, -0.2) is 12.7 Å². The molecule has 0 N–H and O–H groups in total. The lowest BCUT2D eigenvalue weighted by molar-refractivity contribution is -0.137. The molecule has 0 fully saturated rings. The maximum Gasteiger partial charge on any atom is 0.416 e. The van der Waals surface area contributed by atoms with Gasteiger partial charge in [-0.3, -0.25) is 4.79 Å². The molecule has 2 rings (SSSR count). The second-order valence-electron chi connectivity index (χ2n) is 5.59. The van der Waals surface area contributed by atoms with Gasteiger partial charge in [-0.1, -0.05) is 24.3 Å². The zero-order valence-corrected chi connectivity index (χ0v) is 14.8. The summed E-state index contributed by atoms with van der Waals surface area (Å²) in [7, 11) is -0.849. The Morgan fingerprint density at radius 3 is 2.12 bits per heavy atom. The van der Waals surface area contributed by atoms with E-state index in [1.165, 1.54) is 56.6 Å². The largest absolute Gasteiger partial charge is 0.416 e. The molecule has 138 valence electrons. The molecule has 0 atom stereocenters. The van der Waals surface area contributed by atoms with Crippen molar-refractivity contribution in [1.82, 2.24) is 4.31 Å². The Labute approximate surface area is 149 Å². The van der Waals surface area contributed by atoms with Gasteiger partial charge in [0.15, 0.2) is 5.78 Å². The third-order valence-electron chi connectivity index (χ3n) is 3.60. The highest BCUT2D eigenvalue weighted by Gasteiger charge is 2.32. The third kappa shape index (κ3) is 4.39. The summed E-state index contributed by atoms with van der Waals surface area (Å²) in [5.41, 5.74) is -0.792. The molecule has 0 heterocycles. The fourth-order valence-electron chi connectivity index (χ4n) is 2.16. The van der Waals surface area contributed by atoms with E-state index < -0.39 is 27.5 Å². The Morgan fingerprint density at radius 1 is 1.00 bits per heavy atom. The number of alkyl halides is 3. The lowest BCUT2D eigenvalue weighted by Crippen LogP contribution is -2.22. The molecule has 4 nitrogen and oxygen atoms in total. The quantitative estimate of drug-likeness (QED) is 0.582. The van der Waals surface area contributed by atoms with Crippen molar-refractivity contribution >= 4 is 21.9 Å². The molecule has 0 unspecified atom stereocenters. The molecule has 0 bridgehead atoms.